The molecule has 0 aliphatic carbocycles. The molecule has 0 spiro atoms. The van der Waals surface area contributed by atoms with Gasteiger partial charge in [-0.1, -0.05) is 20.8 Å². The van der Waals surface area contributed by atoms with Gasteiger partial charge in [0.25, 0.3) is 0 Å². The molecule has 3 heteroatoms. The normalized spacial score (nSPS) is 11.8. The molecule has 0 atom stereocenters. The van der Waals surface area contributed by atoms with Crippen LogP contribution in [-0.2, 0) is 12.5 Å². The summed E-state index contributed by atoms with van der Waals surface area (Å²) in [6.07, 6.45) is 1.77. The molecule has 0 aliphatic heterocycles. The maximum atomic E-state index is 13.4. The number of ether oxygens (including phenoxy) is 1. The minimum absolute atomic E-state index is 0.0898. The van der Waals surface area contributed by atoms with Gasteiger partial charge in [0.15, 0.2) is 5.75 Å². The standard InChI is InChI=1S/C10H16FNO/c1-10(2,3)7-6-12(4)9(11)8(7)13-5/h6H,1-5H3. The summed E-state index contributed by atoms with van der Waals surface area (Å²) >= 11 is 0. The van der Waals surface area contributed by atoms with E-state index in [1.807, 2.05) is 20.8 Å². The van der Waals surface area contributed by atoms with Crippen LogP contribution in [0.1, 0.15) is 26.3 Å². The highest BCUT2D eigenvalue weighted by Crippen LogP contribution is 2.34. The van der Waals surface area contributed by atoms with Gasteiger partial charge in [0.05, 0.1) is 7.11 Å². The lowest BCUT2D eigenvalue weighted by molar-refractivity contribution is 0.365. The van der Waals surface area contributed by atoms with Crippen LogP contribution in [0, 0.1) is 5.95 Å². The topological polar surface area (TPSA) is 14.2 Å². The van der Waals surface area contributed by atoms with Crippen molar-refractivity contribution in [2.24, 2.45) is 7.05 Å². The van der Waals surface area contributed by atoms with Crippen molar-refractivity contribution >= 4 is 0 Å². The summed E-state index contributed by atoms with van der Waals surface area (Å²) in [6.45, 7) is 6.10. The minimum Gasteiger partial charge on any atom is -0.492 e. The average molecular weight is 185 g/mol. The second kappa shape index (κ2) is 3.05. The van der Waals surface area contributed by atoms with Gasteiger partial charge in [0.1, 0.15) is 0 Å². The van der Waals surface area contributed by atoms with Crippen molar-refractivity contribution in [3.8, 4) is 5.75 Å². The summed E-state index contributed by atoms with van der Waals surface area (Å²) in [7, 11) is 3.17. The third kappa shape index (κ3) is 1.69. The third-order valence-corrected chi connectivity index (χ3v) is 2.08. The molecule has 0 bridgehead atoms. The average Bonchev–Trinajstić information content (AvgIpc) is 2.28. The number of halogens is 1. The SMILES string of the molecule is COc1c(C(C)(C)C)cn(C)c1F. The highest BCUT2D eigenvalue weighted by atomic mass is 19.1. The molecule has 0 radical (unpaired) electrons. The number of hydrogen-bond donors (Lipinski definition) is 0. The van der Waals surface area contributed by atoms with E-state index in [9.17, 15) is 4.39 Å². The molecule has 0 aliphatic rings. The first-order chi connectivity index (χ1) is 5.88. The maximum Gasteiger partial charge on any atom is 0.236 e. The molecule has 0 amide bonds. The van der Waals surface area contributed by atoms with Crippen LogP contribution < -0.4 is 4.74 Å². The number of rotatable bonds is 1. The molecular weight excluding hydrogens is 169 g/mol. The zero-order valence-corrected chi connectivity index (χ0v) is 8.81. The lowest BCUT2D eigenvalue weighted by atomic mass is 9.89. The Morgan fingerprint density at radius 3 is 2.23 bits per heavy atom. The number of methoxy groups -OCH3 is 1. The van der Waals surface area contributed by atoms with Crippen molar-refractivity contribution in [3.63, 3.8) is 0 Å². The fraction of sp³-hybridized carbons (Fsp3) is 0.600. The van der Waals surface area contributed by atoms with E-state index in [1.165, 1.54) is 11.7 Å². The van der Waals surface area contributed by atoms with Gasteiger partial charge < -0.3 is 9.30 Å². The van der Waals surface area contributed by atoms with Crippen LogP contribution in [0.5, 0.6) is 5.75 Å². The number of aromatic nitrogens is 1. The molecule has 0 saturated heterocycles. The molecule has 0 aromatic carbocycles. The largest absolute Gasteiger partial charge is 0.492 e. The third-order valence-electron chi connectivity index (χ3n) is 2.08. The molecular formula is C10H16FNO. The molecule has 74 valence electrons. The molecule has 1 rings (SSSR count). The zero-order chi connectivity index (χ0) is 10.2. The van der Waals surface area contributed by atoms with Crippen molar-refractivity contribution < 1.29 is 9.13 Å². The van der Waals surface area contributed by atoms with Crippen LogP contribution >= 0.6 is 0 Å². The molecule has 13 heavy (non-hydrogen) atoms. The Morgan fingerprint density at radius 2 is 1.92 bits per heavy atom. The fourth-order valence-electron chi connectivity index (χ4n) is 1.31. The highest BCUT2D eigenvalue weighted by Gasteiger charge is 2.24. The first kappa shape index (κ1) is 10.1. The van der Waals surface area contributed by atoms with E-state index in [2.05, 4.69) is 0 Å². The van der Waals surface area contributed by atoms with E-state index in [0.717, 1.165) is 5.56 Å². The second-order valence-electron chi connectivity index (χ2n) is 4.23. The van der Waals surface area contributed by atoms with Crippen molar-refractivity contribution in [2.45, 2.75) is 26.2 Å². The molecule has 0 fully saturated rings. The minimum atomic E-state index is -0.313. The first-order valence-corrected chi connectivity index (χ1v) is 4.27. The Balaban J connectivity index is 3.30. The highest BCUT2D eigenvalue weighted by molar-refractivity contribution is 5.37. The van der Waals surface area contributed by atoms with E-state index < -0.39 is 0 Å². The molecule has 1 heterocycles. The van der Waals surface area contributed by atoms with Crippen LogP contribution in [0.3, 0.4) is 0 Å². The van der Waals surface area contributed by atoms with E-state index in [4.69, 9.17) is 4.74 Å². The van der Waals surface area contributed by atoms with Gasteiger partial charge in [-0.2, -0.15) is 4.39 Å². The maximum absolute atomic E-state index is 13.4. The van der Waals surface area contributed by atoms with E-state index >= 15 is 0 Å². The monoisotopic (exact) mass is 185 g/mol. The lowest BCUT2D eigenvalue weighted by Crippen LogP contribution is -2.11. The predicted molar refractivity (Wildman–Crippen MR) is 50.6 cm³/mol. The Hall–Kier alpha value is -0.990. The summed E-state index contributed by atoms with van der Waals surface area (Å²) < 4.78 is 19.9. The smallest absolute Gasteiger partial charge is 0.236 e. The summed E-state index contributed by atoms with van der Waals surface area (Å²) in [5.74, 6) is 0.0439. The van der Waals surface area contributed by atoms with Crippen molar-refractivity contribution in [1.29, 1.82) is 0 Å². The van der Waals surface area contributed by atoms with Gasteiger partial charge >= 0.3 is 0 Å². The van der Waals surface area contributed by atoms with E-state index in [1.54, 1.807) is 13.2 Å². The fourth-order valence-corrected chi connectivity index (χ4v) is 1.31. The Labute approximate surface area is 78.3 Å². The van der Waals surface area contributed by atoms with Crippen LogP contribution in [0.4, 0.5) is 4.39 Å². The van der Waals surface area contributed by atoms with Gasteiger partial charge in [-0.05, 0) is 5.41 Å². The second-order valence-corrected chi connectivity index (χ2v) is 4.23. The summed E-state index contributed by atoms with van der Waals surface area (Å²) in [5, 5.41) is 0. The van der Waals surface area contributed by atoms with Gasteiger partial charge in [0, 0.05) is 18.8 Å². The van der Waals surface area contributed by atoms with Crippen LogP contribution in [0.15, 0.2) is 6.20 Å². The Bertz CT molecular complexity index is 309. The zero-order valence-electron chi connectivity index (χ0n) is 8.81. The molecule has 1 aromatic heterocycles. The van der Waals surface area contributed by atoms with Crippen molar-refractivity contribution in [3.05, 3.63) is 17.7 Å². The molecule has 0 saturated carbocycles. The van der Waals surface area contributed by atoms with Gasteiger partial charge in [0.2, 0.25) is 5.95 Å². The Morgan fingerprint density at radius 1 is 1.38 bits per heavy atom. The summed E-state index contributed by atoms with van der Waals surface area (Å²) in [6, 6.07) is 0. The summed E-state index contributed by atoms with van der Waals surface area (Å²) in [4.78, 5) is 0. The molecule has 1 aromatic rings. The van der Waals surface area contributed by atoms with Gasteiger partial charge in [-0.25, -0.2) is 0 Å². The van der Waals surface area contributed by atoms with Gasteiger partial charge in [-0.15, -0.1) is 0 Å². The van der Waals surface area contributed by atoms with Crippen molar-refractivity contribution in [2.75, 3.05) is 7.11 Å². The number of aryl methyl sites for hydroxylation is 1. The lowest BCUT2D eigenvalue weighted by Gasteiger charge is -2.17. The van der Waals surface area contributed by atoms with Gasteiger partial charge in [-0.3, -0.25) is 0 Å². The first-order valence-electron chi connectivity index (χ1n) is 4.27. The van der Waals surface area contributed by atoms with Crippen LogP contribution in [0.2, 0.25) is 0 Å². The molecule has 0 unspecified atom stereocenters. The predicted octanol–water partition coefficient (Wildman–Crippen LogP) is 2.47. The molecule has 0 N–H and O–H groups in total. The Kier molecular flexibility index (Phi) is 2.37. The summed E-state index contributed by atoms with van der Waals surface area (Å²) in [5.41, 5.74) is 0.808. The van der Waals surface area contributed by atoms with Crippen LogP contribution in [-0.4, -0.2) is 11.7 Å². The van der Waals surface area contributed by atoms with E-state index in [0.29, 0.717) is 5.75 Å². The number of nitrogens with zero attached hydrogens (tertiary/aromatic N) is 1. The van der Waals surface area contributed by atoms with Crippen molar-refractivity contribution in [1.82, 2.24) is 4.57 Å². The van der Waals surface area contributed by atoms with E-state index in [-0.39, 0.29) is 11.4 Å². The molecule has 2 nitrogen and oxygen atoms in total. The quantitative estimate of drug-likeness (QED) is 0.655. The van der Waals surface area contributed by atoms with Crippen LogP contribution in [0.25, 0.3) is 0 Å². The number of hydrogen-bond acceptors (Lipinski definition) is 1.